The van der Waals surface area contributed by atoms with Crippen molar-refractivity contribution in [1.29, 1.82) is 0 Å². The van der Waals surface area contributed by atoms with E-state index in [1.807, 2.05) is 0 Å². The monoisotopic (exact) mass is 270 g/mol. The summed E-state index contributed by atoms with van der Waals surface area (Å²) in [7, 11) is -3.13. The summed E-state index contributed by atoms with van der Waals surface area (Å²) in [6.07, 6.45) is 4.36. The third kappa shape index (κ3) is 5.12. The maximum absolute atomic E-state index is 6.20. The predicted molar refractivity (Wildman–Crippen MR) is 78.9 cm³/mol. The molecule has 0 aromatic carbocycles. The Labute approximate surface area is 108 Å². The summed E-state index contributed by atoms with van der Waals surface area (Å²) in [6, 6.07) is 0. The Morgan fingerprint density at radius 1 is 0.941 bits per heavy atom. The van der Waals surface area contributed by atoms with Crippen LogP contribution < -0.4 is 0 Å². The SMILES string of the molecule is CC1=C(O[Si](C)(C)C)C(O[Si](C)(C)C)=CCC1. The third-order valence-corrected chi connectivity index (χ3v) is 3.93. The van der Waals surface area contributed by atoms with Gasteiger partial charge in [0.15, 0.2) is 0 Å². The lowest BCUT2D eigenvalue weighted by Gasteiger charge is -2.31. The zero-order valence-electron chi connectivity index (χ0n) is 12.3. The maximum atomic E-state index is 6.20. The van der Waals surface area contributed by atoms with Gasteiger partial charge in [0.1, 0.15) is 11.5 Å². The highest BCUT2D eigenvalue weighted by Crippen LogP contribution is 2.31. The van der Waals surface area contributed by atoms with Crippen molar-refractivity contribution in [3.63, 3.8) is 0 Å². The summed E-state index contributed by atoms with van der Waals surface area (Å²) in [4.78, 5) is 0. The second-order valence-corrected chi connectivity index (χ2v) is 15.5. The molecule has 0 amide bonds. The van der Waals surface area contributed by atoms with Crippen LogP contribution in [0, 0.1) is 0 Å². The van der Waals surface area contributed by atoms with E-state index in [0.717, 1.165) is 24.4 Å². The first kappa shape index (κ1) is 14.6. The number of allylic oxidation sites excluding steroid dienone is 2. The van der Waals surface area contributed by atoms with Gasteiger partial charge in [-0.3, -0.25) is 0 Å². The molecule has 0 aromatic rings. The molecule has 98 valence electrons. The zero-order valence-corrected chi connectivity index (χ0v) is 14.3. The van der Waals surface area contributed by atoms with Crippen LogP contribution in [0.4, 0.5) is 0 Å². The van der Waals surface area contributed by atoms with Crippen molar-refractivity contribution in [2.75, 3.05) is 0 Å². The Kier molecular flexibility index (Phi) is 4.30. The van der Waals surface area contributed by atoms with Gasteiger partial charge in [-0.05, 0) is 70.7 Å². The molecule has 0 saturated carbocycles. The zero-order chi connectivity index (χ0) is 13.3. The standard InChI is InChI=1S/C13H26O2Si2/c1-11-9-8-10-12(14-16(2,3)4)13(11)15-17(5,6)7/h10H,8-9H2,1-7H3. The minimum absolute atomic E-state index is 0.996. The summed E-state index contributed by atoms with van der Waals surface area (Å²) >= 11 is 0. The Bertz CT molecular complexity index is 343. The average molecular weight is 271 g/mol. The average Bonchev–Trinajstić information content (AvgIpc) is 2.07. The first-order valence-corrected chi connectivity index (χ1v) is 13.2. The fourth-order valence-corrected chi connectivity index (χ4v) is 3.42. The van der Waals surface area contributed by atoms with Gasteiger partial charge in [0.2, 0.25) is 16.6 Å². The molecular weight excluding hydrogens is 244 g/mol. The molecule has 0 bridgehead atoms. The van der Waals surface area contributed by atoms with Gasteiger partial charge in [-0.2, -0.15) is 0 Å². The summed E-state index contributed by atoms with van der Waals surface area (Å²) in [6.45, 7) is 15.4. The summed E-state index contributed by atoms with van der Waals surface area (Å²) < 4.78 is 12.3. The molecule has 0 fully saturated rings. The van der Waals surface area contributed by atoms with Crippen molar-refractivity contribution >= 4 is 16.6 Å². The van der Waals surface area contributed by atoms with Crippen molar-refractivity contribution < 1.29 is 8.85 Å². The molecule has 0 unspecified atom stereocenters. The molecule has 0 N–H and O–H groups in total. The van der Waals surface area contributed by atoms with E-state index in [4.69, 9.17) is 8.85 Å². The Hall–Kier alpha value is -0.486. The van der Waals surface area contributed by atoms with Crippen LogP contribution in [-0.2, 0) is 8.85 Å². The Morgan fingerprint density at radius 3 is 1.94 bits per heavy atom. The highest BCUT2D eigenvalue weighted by molar-refractivity contribution is 6.70. The van der Waals surface area contributed by atoms with Gasteiger partial charge < -0.3 is 8.85 Å². The highest BCUT2D eigenvalue weighted by atomic mass is 28.4. The van der Waals surface area contributed by atoms with Gasteiger partial charge in [-0.1, -0.05) is 0 Å². The van der Waals surface area contributed by atoms with Crippen molar-refractivity contribution in [2.45, 2.75) is 59.0 Å². The summed E-state index contributed by atoms with van der Waals surface area (Å²) in [5.41, 5.74) is 1.34. The smallest absolute Gasteiger partial charge is 0.242 e. The lowest BCUT2D eigenvalue weighted by atomic mass is 10.0. The van der Waals surface area contributed by atoms with Crippen LogP contribution in [0.5, 0.6) is 0 Å². The minimum Gasteiger partial charge on any atom is -0.542 e. The summed E-state index contributed by atoms with van der Waals surface area (Å²) in [5.74, 6) is 2.02. The van der Waals surface area contributed by atoms with Gasteiger partial charge in [0.25, 0.3) is 0 Å². The number of hydrogen-bond donors (Lipinski definition) is 0. The molecule has 0 spiro atoms. The molecule has 0 radical (unpaired) electrons. The second kappa shape index (κ2) is 5.02. The highest BCUT2D eigenvalue weighted by Gasteiger charge is 2.27. The Morgan fingerprint density at radius 2 is 1.47 bits per heavy atom. The number of rotatable bonds is 4. The van der Waals surface area contributed by atoms with E-state index in [1.54, 1.807) is 0 Å². The van der Waals surface area contributed by atoms with Crippen LogP contribution >= 0.6 is 0 Å². The first-order chi connectivity index (χ1) is 7.58. The molecule has 1 aliphatic carbocycles. The number of hydrogen-bond acceptors (Lipinski definition) is 2. The molecule has 0 heterocycles. The van der Waals surface area contributed by atoms with E-state index in [0.29, 0.717) is 0 Å². The van der Waals surface area contributed by atoms with Crippen LogP contribution in [0.2, 0.25) is 39.3 Å². The maximum Gasteiger partial charge on any atom is 0.242 e. The lowest BCUT2D eigenvalue weighted by Crippen LogP contribution is -2.31. The largest absolute Gasteiger partial charge is 0.542 e. The van der Waals surface area contributed by atoms with Crippen LogP contribution in [0.15, 0.2) is 23.2 Å². The van der Waals surface area contributed by atoms with E-state index >= 15 is 0 Å². The van der Waals surface area contributed by atoms with Crippen LogP contribution in [0.3, 0.4) is 0 Å². The van der Waals surface area contributed by atoms with Crippen LogP contribution in [0.1, 0.15) is 19.8 Å². The van der Waals surface area contributed by atoms with E-state index in [2.05, 4.69) is 52.3 Å². The van der Waals surface area contributed by atoms with Crippen LogP contribution in [0.25, 0.3) is 0 Å². The van der Waals surface area contributed by atoms with E-state index in [-0.39, 0.29) is 0 Å². The molecule has 0 aliphatic heterocycles. The summed E-state index contributed by atoms with van der Waals surface area (Å²) in [5, 5.41) is 0. The molecular formula is C13H26O2Si2. The minimum atomic E-state index is -1.57. The van der Waals surface area contributed by atoms with Gasteiger partial charge in [-0.25, -0.2) is 0 Å². The van der Waals surface area contributed by atoms with Crippen molar-refractivity contribution in [3.05, 3.63) is 23.2 Å². The topological polar surface area (TPSA) is 18.5 Å². The fraction of sp³-hybridized carbons (Fsp3) is 0.692. The third-order valence-electron chi connectivity index (χ3n) is 2.28. The molecule has 4 heteroatoms. The quantitative estimate of drug-likeness (QED) is 0.693. The molecule has 0 aromatic heterocycles. The van der Waals surface area contributed by atoms with Crippen molar-refractivity contribution in [3.8, 4) is 0 Å². The molecule has 1 rings (SSSR count). The second-order valence-electron chi connectivity index (χ2n) is 6.65. The van der Waals surface area contributed by atoms with E-state index in [1.165, 1.54) is 5.57 Å². The molecule has 0 saturated heterocycles. The first-order valence-electron chi connectivity index (χ1n) is 6.37. The van der Waals surface area contributed by atoms with Crippen molar-refractivity contribution in [1.82, 2.24) is 0 Å². The Balaban J connectivity index is 2.92. The van der Waals surface area contributed by atoms with Crippen LogP contribution in [-0.4, -0.2) is 16.6 Å². The molecule has 2 nitrogen and oxygen atoms in total. The van der Waals surface area contributed by atoms with Gasteiger partial charge in [0, 0.05) is 0 Å². The molecule has 0 atom stereocenters. The van der Waals surface area contributed by atoms with E-state index < -0.39 is 16.6 Å². The van der Waals surface area contributed by atoms with Gasteiger partial charge in [0.05, 0.1) is 0 Å². The fourth-order valence-electron chi connectivity index (χ4n) is 1.70. The van der Waals surface area contributed by atoms with Gasteiger partial charge >= 0.3 is 0 Å². The molecule has 1 aliphatic rings. The van der Waals surface area contributed by atoms with E-state index in [9.17, 15) is 0 Å². The lowest BCUT2D eigenvalue weighted by molar-refractivity contribution is 0.330. The molecule has 17 heavy (non-hydrogen) atoms. The van der Waals surface area contributed by atoms with Crippen molar-refractivity contribution in [2.24, 2.45) is 0 Å². The normalized spacial score (nSPS) is 17.9. The predicted octanol–water partition coefficient (Wildman–Crippen LogP) is 4.64. The van der Waals surface area contributed by atoms with Gasteiger partial charge in [-0.15, -0.1) is 0 Å².